The third-order valence-corrected chi connectivity index (χ3v) is 9.11. The van der Waals surface area contributed by atoms with E-state index in [4.69, 9.17) is 27.1 Å². The molecule has 0 radical (unpaired) electrons. The summed E-state index contributed by atoms with van der Waals surface area (Å²) in [5, 5.41) is 26.4. The zero-order valence-corrected chi connectivity index (χ0v) is 24.6. The maximum absolute atomic E-state index is 13.2. The van der Waals surface area contributed by atoms with E-state index >= 15 is 0 Å². The highest BCUT2D eigenvalue weighted by molar-refractivity contribution is 8.01. The Hall–Kier alpha value is -4.10. The van der Waals surface area contributed by atoms with Crippen LogP contribution in [0, 0.1) is 0 Å². The Bertz CT molecular complexity index is 1480. The normalized spacial score (nSPS) is 18.4. The molecule has 2 aliphatic heterocycles. The van der Waals surface area contributed by atoms with Crippen molar-refractivity contribution in [3.63, 3.8) is 0 Å². The largest absolute Gasteiger partial charge is 0.479 e. The van der Waals surface area contributed by atoms with Crippen LogP contribution < -0.4 is 27.1 Å². The molecular formula is C23H28N9O7S3+. The molecule has 0 spiro atoms. The van der Waals surface area contributed by atoms with Crippen LogP contribution in [-0.4, -0.2) is 84.1 Å². The molecule has 0 aliphatic carbocycles. The summed E-state index contributed by atoms with van der Waals surface area (Å²) < 4.78 is 1.82. The molecule has 224 valence electrons. The lowest BCUT2D eigenvalue weighted by molar-refractivity contribution is -0.723. The second kappa shape index (κ2) is 13.3. The number of carboxylic acids is 2. The molecular weight excluding hydrogens is 611 g/mol. The zero-order valence-electron chi connectivity index (χ0n) is 22.2. The number of thioether (sulfide) groups is 2. The van der Waals surface area contributed by atoms with Crippen molar-refractivity contribution in [2.75, 3.05) is 35.3 Å². The highest BCUT2D eigenvalue weighted by atomic mass is 32.2. The molecule has 1 fully saturated rings. The van der Waals surface area contributed by atoms with Gasteiger partial charge >= 0.3 is 17.1 Å². The SMILES string of the molecule is CCCC[n+]1c(N)cc(N)nc1SCC1=C(C(=O)O)N2C(=O)C(NC(=O)/C(=N\OCC(=O)O)c3csc(N)n3)[C@H]2SC1. The molecule has 0 saturated carbocycles. The van der Waals surface area contributed by atoms with Gasteiger partial charge in [-0.1, -0.05) is 23.5 Å². The summed E-state index contributed by atoms with van der Waals surface area (Å²) in [4.78, 5) is 63.5. The van der Waals surface area contributed by atoms with E-state index in [-0.39, 0.29) is 39.6 Å². The summed E-state index contributed by atoms with van der Waals surface area (Å²) >= 11 is 3.58. The Labute approximate surface area is 251 Å². The van der Waals surface area contributed by atoms with Crippen molar-refractivity contribution in [2.45, 2.75) is 42.9 Å². The zero-order chi connectivity index (χ0) is 30.6. The number of carboxylic acid groups (broad SMARTS) is 2. The summed E-state index contributed by atoms with van der Waals surface area (Å²) in [6.45, 7) is 1.85. The number of amides is 2. The Balaban J connectivity index is 1.51. The van der Waals surface area contributed by atoms with Gasteiger partial charge in [0.1, 0.15) is 22.8 Å². The molecule has 4 rings (SSSR count). The van der Waals surface area contributed by atoms with E-state index in [9.17, 15) is 24.3 Å². The van der Waals surface area contributed by atoms with Crippen LogP contribution in [0.1, 0.15) is 25.5 Å². The average molecular weight is 639 g/mol. The number of hydrogen-bond donors (Lipinski definition) is 6. The second-order valence-corrected chi connectivity index (χ2v) is 11.9. The summed E-state index contributed by atoms with van der Waals surface area (Å²) in [7, 11) is 0. The maximum Gasteiger partial charge on any atom is 0.352 e. The molecule has 1 unspecified atom stereocenters. The van der Waals surface area contributed by atoms with E-state index in [0.29, 0.717) is 23.1 Å². The highest BCUT2D eigenvalue weighted by Crippen LogP contribution is 2.41. The molecule has 2 aromatic rings. The monoisotopic (exact) mass is 638 g/mol. The van der Waals surface area contributed by atoms with Gasteiger partial charge in [0.15, 0.2) is 10.8 Å². The summed E-state index contributed by atoms with van der Waals surface area (Å²) in [6, 6.07) is 0.492. The number of anilines is 3. The lowest BCUT2D eigenvalue weighted by atomic mass is 10.0. The first-order valence-corrected chi connectivity index (χ1v) is 15.4. The van der Waals surface area contributed by atoms with Crippen molar-refractivity contribution < 1.29 is 38.8 Å². The van der Waals surface area contributed by atoms with Gasteiger partial charge in [0.2, 0.25) is 18.2 Å². The number of hydrogen-bond acceptors (Lipinski definition) is 14. The third-order valence-electron chi connectivity index (χ3n) is 6.03. The number of thiazole rings is 1. The van der Waals surface area contributed by atoms with Crippen molar-refractivity contribution in [3.05, 3.63) is 28.4 Å². The highest BCUT2D eigenvalue weighted by Gasteiger charge is 2.54. The van der Waals surface area contributed by atoms with E-state index in [1.54, 1.807) is 6.07 Å². The summed E-state index contributed by atoms with van der Waals surface area (Å²) in [6.07, 6.45) is 1.79. The van der Waals surface area contributed by atoms with Crippen LogP contribution in [0.25, 0.3) is 0 Å². The van der Waals surface area contributed by atoms with Crippen molar-refractivity contribution in [1.82, 2.24) is 20.2 Å². The van der Waals surface area contributed by atoms with E-state index in [2.05, 4.69) is 20.4 Å². The van der Waals surface area contributed by atoms with Gasteiger partial charge in [0.25, 0.3) is 11.8 Å². The first kappa shape index (κ1) is 30.8. The van der Waals surface area contributed by atoms with Crippen molar-refractivity contribution in [2.24, 2.45) is 5.16 Å². The Kier molecular flexibility index (Phi) is 9.74. The number of carbonyl (C=O) groups excluding carboxylic acids is 2. The lowest BCUT2D eigenvalue weighted by Gasteiger charge is -2.49. The number of nitrogen functional groups attached to an aromatic ring is 3. The molecule has 4 heterocycles. The predicted octanol–water partition coefficient (Wildman–Crippen LogP) is -0.291. The fourth-order valence-electron chi connectivity index (χ4n) is 4.10. The van der Waals surface area contributed by atoms with Crippen LogP contribution in [0.2, 0.25) is 0 Å². The van der Waals surface area contributed by atoms with Gasteiger partial charge in [0, 0.05) is 16.9 Å². The van der Waals surface area contributed by atoms with Crippen LogP contribution in [0.5, 0.6) is 0 Å². The Morgan fingerprint density at radius 1 is 1.29 bits per heavy atom. The quantitative estimate of drug-likeness (QED) is 0.0412. The molecule has 2 aromatic heterocycles. The number of oxime groups is 1. The Morgan fingerprint density at radius 2 is 2.05 bits per heavy atom. The molecule has 19 heteroatoms. The van der Waals surface area contributed by atoms with Crippen LogP contribution in [0.15, 0.2) is 33.0 Å². The van der Waals surface area contributed by atoms with E-state index in [0.717, 1.165) is 29.1 Å². The second-order valence-electron chi connectivity index (χ2n) is 8.98. The smallest absolute Gasteiger partial charge is 0.352 e. The summed E-state index contributed by atoms with van der Waals surface area (Å²) in [5.74, 6) is -2.93. The van der Waals surface area contributed by atoms with Gasteiger partial charge in [-0.15, -0.1) is 23.1 Å². The average Bonchev–Trinajstić information content (AvgIpc) is 3.36. The number of β-lactam (4-membered cyclic amide) rings is 1. The number of nitrogens with one attached hydrogen (secondary N) is 1. The minimum absolute atomic E-state index is 0.0257. The minimum Gasteiger partial charge on any atom is -0.479 e. The molecule has 0 bridgehead atoms. The topological polar surface area (TPSA) is 253 Å². The van der Waals surface area contributed by atoms with Gasteiger partial charge in [0.05, 0.1) is 12.6 Å². The van der Waals surface area contributed by atoms with Gasteiger partial charge in [-0.25, -0.2) is 19.1 Å². The fourth-order valence-corrected chi connectivity index (χ4v) is 7.19. The number of nitrogens with zero attached hydrogens (tertiary/aromatic N) is 5. The molecule has 1 saturated heterocycles. The van der Waals surface area contributed by atoms with E-state index in [1.807, 2.05) is 11.5 Å². The van der Waals surface area contributed by atoms with Crippen LogP contribution >= 0.6 is 34.9 Å². The van der Waals surface area contributed by atoms with Gasteiger partial charge < -0.3 is 37.6 Å². The van der Waals surface area contributed by atoms with Gasteiger partial charge in [-0.05, 0) is 23.8 Å². The minimum atomic E-state index is -1.31. The van der Waals surface area contributed by atoms with Crippen molar-refractivity contribution >= 4 is 81.1 Å². The molecule has 9 N–H and O–H groups in total. The number of fused-ring (bicyclic) bond motifs is 1. The Morgan fingerprint density at radius 3 is 2.69 bits per heavy atom. The number of aliphatic carboxylic acids is 2. The number of unbranched alkanes of at least 4 members (excludes halogenated alkanes) is 1. The molecule has 2 aliphatic rings. The maximum atomic E-state index is 13.2. The molecule has 2 atom stereocenters. The lowest BCUT2D eigenvalue weighted by Crippen LogP contribution is -2.71. The fraction of sp³-hybridized carbons (Fsp3) is 0.391. The number of nitrogens with two attached hydrogens (primary N) is 3. The molecule has 2 amide bonds. The van der Waals surface area contributed by atoms with Crippen LogP contribution in [-0.2, 0) is 30.6 Å². The molecule has 16 nitrogen and oxygen atoms in total. The van der Waals surface area contributed by atoms with E-state index < -0.39 is 41.8 Å². The number of rotatable bonds is 13. The first-order valence-electron chi connectivity index (χ1n) is 12.4. The number of aromatic nitrogens is 3. The predicted molar refractivity (Wildman–Crippen MR) is 155 cm³/mol. The first-order chi connectivity index (χ1) is 20.0. The van der Waals surface area contributed by atoms with Crippen molar-refractivity contribution in [3.8, 4) is 0 Å². The number of carbonyl (C=O) groups is 4. The van der Waals surface area contributed by atoms with Crippen molar-refractivity contribution in [1.29, 1.82) is 0 Å². The standard InChI is InChI=1S/C23H27N9O7S3/c1-2-3-4-31-13(25)5-12(24)28-23(31)42-8-10-7-40-20-16(19(36)32(20)17(10)21(37)38)29-18(35)15(30-39-6-14(33)34)11-9-41-22(26)27-11/h5,9,16,20H,2-4,6-8H2,1H3,(H8,24,25,26,27,29,33,34,35,37,38)/p+1/b30-15-/t16?,20-/m1/s1. The van der Waals surface area contributed by atoms with Gasteiger partial charge in [-0.3, -0.25) is 14.5 Å². The van der Waals surface area contributed by atoms with Crippen LogP contribution in [0.3, 0.4) is 0 Å². The summed E-state index contributed by atoms with van der Waals surface area (Å²) in [5.41, 5.74) is 17.7. The van der Waals surface area contributed by atoms with Crippen LogP contribution in [0.4, 0.5) is 16.8 Å². The third kappa shape index (κ3) is 6.68. The molecule has 0 aromatic carbocycles. The van der Waals surface area contributed by atoms with E-state index in [1.165, 1.54) is 28.9 Å². The van der Waals surface area contributed by atoms with Gasteiger partial charge in [-0.2, -0.15) is 0 Å². The molecule has 42 heavy (non-hydrogen) atoms.